The number of aromatic amines is 1. The number of rotatable bonds is 2. The SMILES string of the molecule is Cc1n[nH]c2nccc(-c3c(-c4ccc(F)cc4)nn4c3OCC3(C4)CC3(F)F)c12. The third kappa shape index (κ3) is 2.28. The molecule has 1 N–H and O–H groups in total. The third-order valence-corrected chi connectivity index (χ3v) is 6.08. The van der Waals surface area contributed by atoms with Gasteiger partial charge in [-0.2, -0.15) is 10.2 Å². The lowest BCUT2D eigenvalue weighted by Gasteiger charge is -2.24. The van der Waals surface area contributed by atoms with E-state index < -0.39 is 11.3 Å². The number of hydrogen-bond acceptors (Lipinski definition) is 4. The maximum atomic E-state index is 14.0. The van der Waals surface area contributed by atoms with E-state index in [1.54, 1.807) is 18.3 Å². The van der Waals surface area contributed by atoms with Crippen molar-refractivity contribution in [2.45, 2.75) is 25.8 Å². The molecule has 1 unspecified atom stereocenters. The van der Waals surface area contributed by atoms with Gasteiger partial charge >= 0.3 is 0 Å². The Morgan fingerprint density at radius 1 is 1.17 bits per heavy atom. The number of benzene rings is 1. The fraction of sp³-hybridized carbons (Fsp3) is 0.286. The molecule has 1 saturated carbocycles. The number of nitrogens with one attached hydrogen (secondary N) is 1. The summed E-state index contributed by atoms with van der Waals surface area (Å²) in [5.41, 5.74) is 2.80. The van der Waals surface area contributed by atoms with Crippen LogP contribution in [0.15, 0.2) is 36.5 Å². The Morgan fingerprint density at radius 3 is 2.67 bits per heavy atom. The van der Waals surface area contributed by atoms with Crippen LogP contribution in [0.2, 0.25) is 0 Å². The molecule has 3 aromatic heterocycles. The molecule has 1 aliphatic carbocycles. The van der Waals surface area contributed by atoms with E-state index in [1.165, 1.54) is 16.8 Å². The van der Waals surface area contributed by atoms with Crippen LogP contribution in [0.3, 0.4) is 0 Å². The molecule has 2 aliphatic rings. The zero-order valence-electron chi connectivity index (χ0n) is 15.9. The van der Waals surface area contributed by atoms with Crippen LogP contribution in [-0.4, -0.2) is 37.5 Å². The van der Waals surface area contributed by atoms with Crippen LogP contribution < -0.4 is 4.74 Å². The Kier molecular flexibility index (Phi) is 3.28. The summed E-state index contributed by atoms with van der Waals surface area (Å²) in [5.74, 6) is -2.69. The number of aryl methyl sites for hydroxylation is 1. The second kappa shape index (κ2) is 5.62. The molecule has 1 spiro atoms. The molecule has 0 amide bonds. The molecular weight excluding hydrogens is 395 g/mol. The highest BCUT2D eigenvalue weighted by Gasteiger charge is 2.73. The largest absolute Gasteiger partial charge is 0.476 e. The van der Waals surface area contributed by atoms with Crippen LogP contribution in [0.25, 0.3) is 33.4 Å². The maximum Gasteiger partial charge on any atom is 0.259 e. The minimum absolute atomic E-state index is 0.0693. The highest BCUT2D eigenvalue weighted by Crippen LogP contribution is 2.63. The Morgan fingerprint density at radius 2 is 1.93 bits per heavy atom. The van der Waals surface area contributed by atoms with Crippen molar-refractivity contribution in [2.75, 3.05) is 6.61 Å². The number of nitrogens with zero attached hydrogens (tertiary/aromatic N) is 4. The average molecular weight is 411 g/mol. The smallest absolute Gasteiger partial charge is 0.259 e. The van der Waals surface area contributed by atoms with E-state index in [4.69, 9.17) is 4.74 Å². The molecule has 0 saturated heterocycles. The number of pyridine rings is 1. The number of ether oxygens (including phenoxy) is 1. The molecule has 6 nitrogen and oxygen atoms in total. The van der Waals surface area contributed by atoms with Crippen LogP contribution in [-0.2, 0) is 6.54 Å². The average Bonchev–Trinajstić information content (AvgIpc) is 3.03. The van der Waals surface area contributed by atoms with Crippen LogP contribution in [0.1, 0.15) is 12.1 Å². The first-order valence-corrected chi connectivity index (χ1v) is 9.56. The van der Waals surface area contributed by atoms with Crippen molar-refractivity contribution < 1.29 is 17.9 Å². The van der Waals surface area contributed by atoms with Crippen LogP contribution >= 0.6 is 0 Å². The molecule has 0 radical (unpaired) electrons. The molecule has 1 aromatic carbocycles. The monoisotopic (exact) mass is 411 g/mol. The van der Waals surface area contributed by atoms with Gasteiger partial charge in [-0.15, -0.1) is 0 Å². The second-order valence-electron chi connectivity index (χ2n) is 8.03. The topological polar surface area (TPSA) is 68.6 Å². The van der Waals surface area contributed by atoms with Crippen molar-refractivity contribution >= 4 is 11.0 Å². The van der Waals surface area contributed by atoms with Gasteiger partial charge in [0.1, 0.15) is 18.1 Å². The van der Waals surface area contributed by atoms with Gasteiger partial charge in [0.2, 0.25) is 5.88 Å². The van der Waals surface area contributed by atoms with Crippen molar-refractivity contribution in [3.63, 3.8) is 0 Å². The van der Waals surface area contributed by atoms with Gasteiger partial charge in [-0.3, -0.25) is 5.10 Å². The van der Waals surface area contributed by atoms with E-state index in [1.807, 2.05) is 13.0 Å². The van der Waals surface area contributed by atoms with Gasteiger partial charge < -0.3 is 4.74 Å². The van der Waals surface area contributed by atoms with E-state index in [0.717, 1.165) is 16.6 Å². The maximum absolute atomic E-state index is 14.0. The predicted octanol–water partition coefficient (Wildman–Crippen LogP) is 4.35. The van der Waals surface area contributed by atoms with E-state index >= 15 is 0 Å². The summed E-state index contributed by atoms with van der Waals surface area (Å²) in [6, 6.07) is 7.76. The standard InChI is InChI=1S/C21H16F3N5O/c1-11-15-14(6-7-25-18(15)27-26-11)16-17(12-2-4-13(22)5-3-12)28-29-9-20(8-21(20,23)24)10-30-19(16)29/h2-7H,8-10H2,1H3,(H,25,26,27). The number of fused-ring (bicyclic) bond motifs is 2. The van der Waals surface area contributed by atoms with Crippen LogP contribution in [0.4, 0.5) is 13.2 Å². The van der Waals surface area contributed by atoms with Crippen LogP contribution in [0.5, 0.6) is 5.88 Å². The highest BCUT2D eigenvalue weighted by molar-refractivity contribution is 6.00. The van der Waals surface area contributed by atoms with Gasteiger partial charge in [-0.1, -0.05) is 0 Å². The zero-order chi connectivity index (χ0) is 20.7. The van der Waals surface area contributed by atoms with Gasteiger partial charge in [-0.25, -0.2) is 22.8 Å². The van der Waals surface area contributed by atoms with E-state index in [0.29, 0.717) is 28.3 Å². The lowest BCUT2D eigenvalue weighted by molar-refractivity contribution is 0.0154. The van der Waals surface area contributed by atoms with Gasteiger partial charge in [0.25, 0.3) is 5.92 Å². The van der Waals surface area contributed by atoms with Crippen molar-refractivity contribution in [1.29, 1.82) is 0 Å². The van der Waals surface area contributed by atoms with Gasteiger partial charge in [0.05, 0.1) is 23.2 Å². The van der Waals surface area contributed by atoms with E-state index in [-0.39, 0.29) is 25.4 Å². The van der Waals surface area contributed by atoms with Gasteiger partial charge in [0, 0.05) is 29.1 Å². The molecule has 30 heavy (non-hydrogen) atoms. The molecule has 0 bridgehead atoms. The highest BCUT2D eigenvalue weighted by atomic mass is 19.3. The van der Waals surface area contributed by atoms with Crippen molar-refractivity contribution in [2.24, 2.45) is 5.41 Å². The molecule has 1 aliphatic heterocycles. The van der Waals surface area contributed by atoms with Crippen molar-refractivity contribution in [3.8, 4) is 28.3 Å². The number of halogens is 3. The lowest BCUT2D eigenvalue weighted by Crippen LogP contribution is -2.31. The number of aromatic nitrogens is 5. The summed E-state index contributed by atoms with van der Waals surface area (Å²) in [6.07, 6.45) is 1.44. The Bertz CT molecular complexity index is 1310. The Balaban J connectivity index is 1.61. The summed E-state index contributed by atoms with van der Waals surface area (Å²) < 4.78 is 48.9. The molecular formula is C21H16F3N5O. The lowest BCUT2D eigenvalue weighted by atomic mass is 9.98. The first-order chi connectivity index (χ1) is 14.4. The summed E-state index contributed by atoms with van der Waals surface area (Å²) in [6.45, 7) is 1.86. The molecule has 1 atom stereocenters. The number of H-pyrrole nitrogens is 1. The summed E-state index contributed by atoms with van der Waals surface area (Å²) >= 11 is 0. The fourth-order valence-corrected chi connectivity index (χ4v) is 4.31. The molecule has 1 fully saturated rings. The van der Waals surface area contributed by atoms with Crippen LogP contribution in [0, 0.1) is 18.2 Å². The zero-order valence-corrected chi connectivity index (χ0v) is 15.9. The second-order valence-corrected chi connectivity index (χ2v) is 8.03. The quantitative estimate of drug-likeness (QED) is 0.532. The molecule has 9 heteroatoms. The summed E-state index contributed by atoms with van der Waals surface area (Å²) in [7, 11) is 0. The molecule has 6 rings (SSSR count). The normalized spacial score (nSPS) is 21.6. The first kappa shape index (κ1) is 17.5. The number of alkyl halides is 2. The first-order valence-electron chi connectivity index (χ1n) is 9.56. The predicted molar refractivity (Wildman–Crippen MR) is 103 cm³/mol. The van der Waals surface area contributed by atoms with Gasteiger partial charge in [-0.05, 0) is 37.3 Å². The Hall–Kier alpha value is -3.36. The molecule has 4 heterocycles. The summed E-state index contributed by atoms with van der Waals surface area (Å²) in [5, 5.41) is 12.6. The molecule has 4 aromatic rings. The third-order valence-electron chi connectivity index (χ3n) is 6.08. The van der Waals surface area contributed by atoms with Crippen molar-refractivity contribution in [3.05, 3.63) is 48.0 Å². The minimum Gasteiger partial charge on any atom is -0.476 e. The van der Waals surface area contributed by atoms with E-state index in [9.17, 15) is 13.2 Å². The van der Waals surface area contributed by atoms with Gasteiger partial charge in [0.15, 0.2) is 5.65 Å². The fourth-order valence-electron chi connectivity index (χ4n) is 4.31. The van der Waals surface area contributed by atoms with Crippen molar-refractivity contribution in [1.82, 2.24) is 25.0 Å². The summed E-state index contributed by atoms with van der Waals surface area (Å²) in [4.78, 5) is 4.32. The Labute approximate surface area is 168 Å². The number of hydrogen-bond donors (Lipinski definition) is 1. The van der Waals surface area contributed by atoms with E-state index in [2.05, 4.69) is 20.3 Å². The minimum atomic E-state index is -2.75. The molecule has 152 valence electrons.